The molecule has 1 heterocycles. The lowest BCUT2D eigenvalue weighted by Gasteiger charge is -2.09. The minimum Gasteiger partial charge on any atom is -0.379 e. The van der Waals surface area contributed by atoms with Crippen LogP contribution in [0, 0.1) is 10.1 Å². The molecule has 0 aliphatic carbocycles. The number of non-ortho nitro benzene ring substituents is 1. The summed E-state index contributed by atoms with van der Waals surface area (Å²) in [5.41, 5.74) is 2.02. The van der Waals surface area contributed by atoms with Gasteiger partial charge in [0.05, 0.1) is 11.5 Å². The molecule has 0 saturated carbocycles. The second-order valence-electron chi connectivity index (χ2n) is 3.95. The molecule has 0 saturated heterocycles. The van der Waals surface area contributed by atoms with Crippen molar-refractivity contribution in [3.8, 4) is 0 Å². The van der Waals surface area contributed by atoms with E-state index in [2.05, 4.69) is 16.8 Å². The molecule has 0 amide bonds. The number of hydrogen-bond donors (Lipinski definition) is 1. The molecular formula is C13H15N3O2. The lowest BCUT2D eigenvalue weighted by Crippen LogP contribution is -2.06. The number of nitro benzene ring substituents is 1. The third kappa shape index (κ3) is 2.68. The van der Waals surface area contributed by atoms with Crippen LogP contribution >= 0.6 is 0 Å². The first kappa shape index (κ1) is 12.2. The number of rotatable bonds is 5. The third-order valence-corrected chi connectivity index (χ3v) is 2.79. The maximum absolute atomic E-state index is 10.7. The summed E-state index contributed by atoms with van der Waals surface area (Å²) in [4.78, 5) is 10.3. The fourth-order valence-electron chi connectivity index (χ4n) is 1.84. The van der Waals surface area contributed by atoms with Gasteiger partial charge in [0.1, 0.15) is 0 Å². The molecule has 5 heteroatoms. The highest BCUT2D eigenvalue weighted by Crippen LogP contribution is 2.17. The van der Waals surface area contributed by atoms with Crippen molar-refractivity contribution in [2.75, 3.05) is 5.32 Å². The van der Waals surface area contributed by atoms with E-state index in [1.165, 1.54) is 6.07 Å². The van der Waals surface area contributed by atoms with Crippen LogP contribution in [-0.4, -0.2) is 9.49 Å². The van der Waals surface area contributed by atoms with Crippen LogP contribution in [0.25, 0.3) is 0 Å². The lowest BCUT2D eigenvalue weighted by molar-refractivity contribution is -0.384. The zero-order chi connectivity index (χ0) is 13.0. The van der Waals surface area contributed by atoms with Crippen LogP contribution in [0.2, 0.25) is 0 Å². The lowest BCUT2D eigenvalue weighted by atomic mass is 10.2. The second kappa shape index (κ2) is 5.35. The Hall–Kier alpha value is -2.30. The largest absolute Gasteiger partial charge is 0.379 e. The second-order valence-corrected chi connectivity index (χ2v) is 3.95. The van der Waals surface area contributed by atoms with Gasteiger partial charge in [-0.25, -0.2) is 0 Å². The number of hydrogen-bond acceptors (Lipinski definition) is 3. The minimum atomic E-state index is -0.389. The van der Waals surface area contributed by atoms with Gasteiger partial charge in [-0.1, -0.05) is 6.07 Å². The molecule has 94 valence electrons. The summed E-state index contributed by atoms with van der Waals surface area (Å²) in [5.74, 6) is 0. The molecule has 0 bridgehead atoms. The van der Waals surface area contributed by atoms with Crippen LogP contribution in [0.4, 0.5) is 11.4 Å². The fourth-order valence-corrected chi connectivity index (χ4v) is 1.84. The average Bonchev–Trinajstić information content (AvgIpc) is 2.84. The van der Waals surface area contributed by atoms with Gasteiger partial charge in [0, 0.05) is 36.3 Å². The first-order valence-electron chi connectivity index (χ1n) is 5.83. The van der Waals surface area contributed by atoms with Crippen molar-refractivity contribution in [2.24, 2.45) is 0 Å². The van der Waals surface area contributed by atoms with E-state index >= 15 is 0 Å². The number of nitrogens with zero attached hydrogens (tertiary/aromatic N) is 2. The predicted octanol–water partition coefficient (Wildman–Crippen LogP) is 3.03. The highest BCUT2D eigenvalue weighted by molar-refractivity contribution is 5.51. The number of anilines is 1. The van der Waals surface area contributed by atoms with Crippen molar-refractivity contribution in [3.05, 3.63) is 58.4 Å². The Labute approximate surface area is 105 Å². The topological polar surface area (TPSA) is 60.1 Å². The monoisotopic (exact) mass is 245 g/mol. The van der Waals surface area contributed by atoms with Gasteiger partial charge in [-0.2, -0.15) is 0 Å². The molecule has 1 aromatic heterocycles. The molecule has 0 fully saturated rings. The van der Waals surface area contributed by atoms with Crippen molar-refractivity contribution in [1.82, 2.24) is 4.57 Å². The molecule has 2 aromatic rings. The standard InChI is InChI=1S/C13H15N3O2/c1-2-15-8-4-7-13(15)10-14-11-5-3-6-12(9-11)16(17)18/h3-9,14H,2,10H2,1H3. The molecule has 0 aliphatic heterocycles. The van der Waals surface area contributed by atoms with Crippen LogP contribution in [0.15, 0.2) is 42.6 Å². The van der Waals surface area contributed by atoms with E-state index in [1.807, 2.05) is 24.4 Å². The Morgan fingerprint density at radius 3 is 2.89 bits per heavy atom. The maximum atomic E-state index is 10.7. The van der Waals surface area contributed by atoms with Gasteiger partial charge >= 0.3 is 0 Å². The molecule has 0 radical (unpaired) electrons. The van der Waals surface area contributed by atoms with Crippen LogP contribution in [0.5, 0.6) is 0 Å². The molecule has 18 heavy (non-hydrogen) atoms. The summed E-state index contributed by atoms with van der Waals surface area (Å²) in [6.07, 6.45) is 2.02. The molecule has 2 rings (SSSR count). The zero-order valence-corrected chi connectivity index (χ0v) is 10.2. The van der Waals surface area contributed by atoms with Gasteiger partial charge in [-0.15, -0.1) is 0 Å². The van der Waals surface area contributed by atoms with E-state index in [-0.39, 0.29) is 10.6 Å². The predicted molar refractivity (Wildman–Crippen MR) is 70.5 cm³/mol. The van der Waals surface area contributed by atoms with Crippen LogP contribution < -0.4 is 5.32 Å². The Balaban J connectivity index is 2.06. The number of aryl methyl sites for hydroxylation is 1. The number of benzene rings is 1. The first-order chi connectivity index (χ1) is 8.70. The molecule has 1 aromatic carbocycles. The van der Waals surface area contributed by atoms with Crippen molar-refractivity contribution in [2.45, 2.75) is 20.0 Å². The first-order valence-corrected chi connectivity index (χ1v) is 5.83. The normalized spacial score (nSPS) is 10.3. The van der Waals surface area contributed by atoms with Gasteiger partial charge in [-0.3, -0.25) is 10.1 Å². The molecule has 5 nitrogen and oxygen atoms in total. The fraction of sp³-hybridized carbons (Fsp3) is 0.231. The summed E-state index contributed by atoms with van der Waals surface area (Å²) in [6.45, 7) is 3.65. The Kier molecular flexibility index (Phi) is 3.62. The number of nitrogens with one attached hydrogen (secondary N) is 1. The third-order valence-electron chi connectivity index (χ3n) is 2.79. The molecule has 0 unspecified atom stereocenters. The molecule has 0 spiro atoms. The van der Waals surface area contributed by atoms with Gasteiger partial charge in [0.2, 0.25) is 0 Å². The van der Waals surface area contributed by atoms with Crippen molar-refractivity contribution < 1.29 is 4.92 Å². The molecule has 0 aliphatic rings. The number of aromatic nitrogens is 1. The summed E-state index contributed by atoms with van der Waals surface area (Å²) in [7, 11) is 0. The highest BCUT2D eigenvalue weighted by atomic mass is 16.6. The average molecular weight is 245 g/mol. The maximum Gasteiger partial charge on any atom is 0.271 e. The quantitative estimate of drug-likeness (QED) is 0.650. The van der Waals surface area contributed by atoms with Crippen molar-refractivity contribution >= 4 is 11.4 Å². The molecule has 1 N–H and O–H groups in total. The van der Waals surface area contributed by atoms with Gasteiger partial charge < -0.3 is 9.88 Å². The SMILES string of the molecule is CCn1cccc1CNc1cccc([N+](=O)[O-])c1. The van der Waals surface area contributed by atoms with Crippen molar-refractivity contribution in [3.63, 3.8) is 0 Å². The summed E-state index contributed by atoms with van der Waals surface area (Å²) < 4.78 is 2.13. The van der Waals surface area contributed by atoms with Gasteiger partial charge in [0.25, 0.3) is 5.69 Å². The van der Waals surface area contributed by atoms with E-state index in [1.54, 1.807) is 12.1 Å². The summed E-state index contributed by atoms with van der Waals surface area (Å²) >= 11 is 0. The molecule has 0 atom stereocenters. The van der Waals surface area contributed by atoms with E-state index in [0.717, 1.165) is 17.9 Å². The van der Waals surface area contributed by atoms with Gasteiger partial charge in [-0.05, 0) is 25.1 Å². The summed E-state index contributed by atoms with van der Waals surface area (Å²) in [6, 6.07) is 10.6. The number of nitro groups is 1. The highest BCUT2D eigenvalue weighted by Gasteiger charge is 2.05. The minimum absolute atomic E-state index is 0.103. The van der Waals surface area contributed by atoms with E-state index in [4.69, 9.17) is 0 Å². The van der Waals surface area contributed by atoms with Crippen molar-refractivity contribution in [1.29, 1.82) is 0 Å². The van der Waals surface area contributed by atoms with Crippen LogP contribution in [0.1, 0.15) is 12.6 Å². The van der Waals surface area contributed by atoms with E-state index < -0.39 is 0 Å². The Morgan fingerprint density at radius 2 is 2.17 bits per heavy atom. The van der Waals surface area contributed by atoms with E-state index in [9.17, 15) is 10.1 Å². The summed E-state index contributed by atoms with van der Waals surface area (Å²) in [5, 5.41) is 13.9. The Bertz CT molecular complexity index is 549. The van der Waals surface area contributed by atoms with Crippen LogP contribution in [-0.2, 0) is 13.1 Å². The Morgan fingerprint density at radius 1 is 1.33 bits per heavy atom. The van der Waals surface area contributed by atoms with Crippen LogP contribution in [0.3, 0.4) is 0 Å². The van der Waals surface area contributed by atoms with E-state index in [0.29, 0.717) is 6.54 Å². The van der Waals surface area contributed by atoms with Gasteiger partial charge in [0.15, 0.2) is 0 Å². The zero-order valence-electron chi connectivity index (χ0n) is 10.2. The smallest absolute Gasteiger partial charge is 0.271 e. The molecular weight excluding hydrogens is 230 g/mol.